The van der Waals surface area contributed by atoms with Gasteiger partial charge in [0.15, 0.2) is 0 Å². The lowest BCUT2D eigenvalue weighted by Crippen LogP contribution is -2.35. The number of nitrogens with one attached hydrogen (secondary N) is 1. The Morgan fingerprint density at radius 1 is 1.33 bits per heavy atom. The molecule has 0 aliphatic heterocycles. The van der Waals surface area contributed by atoms with Crippen molar-refractivity contribution in [3.63, 3.8) is 0 Å². The van der Waals surface area contributed by atoms with Crippen molar-refractivity contribution in [2.45, 2.75) is 26.1 Å². The van der Waals surface area contributed by atoms with Crippen molar-refractivity contribution in [3.8, 4) is 0 Å². The van der Waals surface area contributed by atoms with E-state index in [2.05, 4.69) is 32.9 Å². The normalized spacial score (nSPS) is 16.4. The summed E-state index contributed by atoms with van der Waals surface area (Å²) in [5.41, 5.74) is 0. The molecule has 6 heteroatoms. The van der Waals surface area contributed by atoms with Crippen molar-refractivity contribution in [1.82, 2.24) is 5.32 Å². The number of hydrogen-bond acceptors (Lipinski definition) is 2. The zero-order chi connectivity index (χ0) is 11.9. The first-order chi connectivity index (χ1) is 6.87. The van der Waals surface area contributed by atoms with Gasteiger partial charge in [-0.3, -0.25) is 0 Å². The van der Waals surface area contributed by atoms with Crippen molar-refractivity contribution < 1.29 is 17.9 Å². The monoisotopic (exact) mass is 291 g/mol. The Balaban J connectivity index is 3.39. The quantitative estimate of drug-likeness (QED) is 0.575. The number of hydrogen-bond donors (Lipinski definition) is 1. The second-order valence-corrected chi connectivity index (χ2v) is 4.19. The molecule has 0 fully saturated rings. The highest BCUT2D eigenvalue weighted by molar-refractivity contribution is 9.09. The summed E-state index contributed by atoms with van der Waals surface area (Å²) in [5.74, 6) is 0.438. The molecule has 0 aromatic rings. The van der Waals surface area contributed by atoms with E-state index >= 15 is 0 Å². The zero-order valence-electron chi connectivity index (χ0n) is 8.90. The molecule has 2 unspecified atom stereocenters. The minimum atomic E-state index is -4.23. The van der Waals surface area contributed by atoms with Crippen LogP contribution in [0.5, 0.6) is 0 Å². The average molecular weight is 292 g/mol. The van der Waals surface area contributed by atoms with Crippen LogP contribution in [0.3, 0.4) is 0 Å². The van der Waals surface area contributed by atoms with E-state index in [9.17, 15) is 13.2 Å². The van der Waals surface area contributed by atoms with E-state index in [1.54, 1.807) is 0 Å². The molecule has 0 aliphatic carbocycles. The molecular weight excluding hydrogens is 275 g/mol. The maximum absolute atomic E-state index is 11.7. The molecule has 0 amide bonds. The van der Waals surface area contributed by atoms with Crippen LogP contribution in [0.4, 0.5) is 13.2 Å². The van der Waals surface area contributed by atoms with Crippen molar-refractivity contribution in [3.05, 3.63) is 0 Å². The zero-order valence-corrected chi connectivity index (χ0v) is 10.5. The first-order valence-corrected chi connectivity index (χ1v) is 5.93. The second-order valence-electron chi connectivity index (χ2n) is 3.54. The molecule has 0 aromatic carbocycles. The van der Waals surface area contributed by atoms with Crippen LogP contribution in [0, 0.1) is 5.92 Å². The third kappa shape index (κ3) is 9.14. The van der Waals surface area contributed by atoms with Crippen LogP contribution < -0.4 is 5.32 Å². The first kappa shape index (κ1) is 15.2. The predicted molar refractivity (Wildman–Crippen MR) is 57.3 cm³/mol. The molecule has 0 bridgehead atoms. The van der Waals surface area contributed by atoms with Crippen molar-refractivity contribution >= 4 is 15.9 Å². The van der Waals surface area contributed by atoms with Crippen molar-refractivity contribution in [2.24, 2.45) is 5.92 Å². The lowest BCUT2D eigenvalue weighted by atomic mass is 10.1. The minimum absolute atomic E-state index is 0.0822. The Bertz CT molecular complexity index is 166. The molecule has 0 rings (SSSR count). The van der Waals surface area contributed by atoms with E-state index in [4.69, 9.17) is 0 Å². The number of halogens is 4. The van der Waals surface area contributed by atoms with Crippen LogP contribution in [0.1, 0.15) is 13.8 Å². The molecular formula is C9H17BrF3NO. The van der Waals surface area contributed by atoms with Gasteiger partial charge in [0.05, 0.1) is 6.61 Å². The molecule has 2 nitrogen and oxygen atoms in total. The van der Waals surface area contributed by atoms with E-state index in [1.807, 2.05) is 6.92 Å². The number of ether oxygens (including phenoxy) is 1. The Kier molecular flexibility index (Phi) is 7.56. The van der Waals surface area contributed by atoms with Gasteiger partial charge in [0.1, 0.15) is 6.61 Å². The fourth-order valence-electron chi connectivity index (χ4n) is 0.881. The van der Waals surface area contributed by atoms with E-state index in [0.717, 1.165) is 5.33 Å². The summed E-state index contributed by atoms with van der Waals surface area (Å²) in [6.45, 7) is 3.41. The Labute approximate surface area is 96.7 Å². The predicted octanol–water partition coefficient (Wildman–Crippen LogP) is 2.57. The van der Waals surface area contributed by atoms with E-state index < -0.39 is 12.8 Å². The number of rotatable bonds is 7. The summed E-state index contributed by atoms with van der Waals surface area (Å²) in [4.78, 5) is 0. The Morgan fingerprint density at radius 2 is 1.93 bits per heavy atom. The van der Waals surface area contributed by atoms with Crippen LogP contribution in [0.2, 0.25) is 0 Å². The molecule has 0 aliphatic rings. The maximum atomic E-state index is 11.7. The van der Waals surface area contributed by atoms with E-state index in [0.29, 0.717) is 12.5 Å². The highest BCUT2D eigenvalue weighted by Gasteiger charge is 2.27. The van der Waals surface area contributed by atoms with E-state index in [-0.39, 0.29) is 12.6 Å². The largest absolute Gasteiger partial charge is 0.411 e. The van der Waals surface area contributed by atoms with Gasteiger partial charge in [-0.05, 0) is 12.8 Å². The van der Waals surface area contributed by atoms with Gasteiger partial charge in [-0.15, -0.1) is 0 Å². The molecule has 15 heavy (non-hydrogen) atoms. The lowest BCUT2D eigenvalue weighted by molar-refractivity contribution is -0.173. The third-order valence-electron chi connectivity index (χ3n) is 2.08. The summed E-state index contributed by atoms with van der Waals surface area (Å²) < 4.78 is 39.5. The molecule has 2 atom stereocenters. The van der Waals surface area contributed by atoms with Gasteiger partial charge < -0.3 is 10.1 Å². The standard InChI is InChI=1S/C9H17BrF3NO/c1-7(5-10)8(2)14-3-4-15-6-9(11,12)13/h7-8,14H,3-6H2,1-2H3. The van der Waals surface area contributed by atoms with Gasteiger partial charge in [-0.25, -0.2) is 0 Å². The summed E-state index contributed by atoms with van der Waals surface area (Å²) >= 11 is 3.34. The fraction of sp³-hybridized carbons (Fsp3) is 1.00. The molecule has 1 N–H and O–H groups in total. The average Bonchev–Trinajstić information content (AvgIpc) is 2.14. The van der Waals surface area contributed by atoms with Gasteiger partial charge in [0.2, 0.25) is 0 Å². The molecule has 0 saturated carbocycles. The molecule has 92 valence electrons. The van der Waals surface area contributed by atoms with Gasteiger partial charge in [-0.1, -0.05) is 22.9 Å². The van der Waals surface area contributed by atoms with Crippen molar-refractivity contribution in [2.75, 3.05) is 25.1 Å². The fourth-order valence-corrected chi connectivity index (χ4v) is 1.44. The Morgan fingerprint density at radius 3 is 2.40 bits per heavy atom. The second kappa shape index (κ2) is 7.46. The van der Waals surface area contributed by atoms with Crippen molar-refractivity contribution in [1.29, 1.82) is 0 Å². The van der Waals surface area contributed by atoms with Crippen LogP contribution in [-0.2, 0) is 4.74 Å². The highest BCUT2D eigenvalue weighted by atomic mass is 79.9. The molecule has 0 radical (unpaired) electrons. The van der Waals surface area contributed by atoms with Crippen LogP contribution in [-0.4, -0.2) is 37.3 Å². The highest BCUT2D eigenvalue weighted by Crippen LogP contribution is 2.14. The smallest absolute Gasteiger partial charge is 0.371 e. The molecule has 0 spiro atoms. The van der Waals surface area contributed by atoms with Gasteiger partial charge in [-0.2, -0.15) is 13.2 Å². The molecule has 0 heterocycles. The van der Waals surface area contributed by atoms with Gasteiger partial charge in [0, 0.05) is 17.9 Å². The topological polar surface area (TPSA) is 21.3 Å². The first-order valence-electron chi connectivity index (χ1n) is 4.80. The molecule has 0 saturated heterocycles. The summed E-state index contributed by atoms with van der Waals surface area (Å²) in [6, 6.07) is 0.263. The molecule has 0 aromatic heterocycles. The summed E-state index contributed by atoms with van der Waals surface area (Å²) in [6.07, 6.45) is -4.23. The van der Waals surface area contributed by atoms with Gasteiger partial charge in [0.25, 0.3) is 0 Å². The van der Waals surface area contributed by atoms with Crippen LogP contribution in [0.25, 0.3) is 0 Å². The lowest BCUT2D eigenvalue weighted by Gasteiger charge is -2.19. The summed E-state index contributed by atoms with van der Waals surface area (Å²) in [7, 11) is 0. The Hall–Kier alpha value is 0.190. The summed E-state index contributed by atoms with van der Waals surface area (Å²) in [5, 5.41) is 3.96. The minimum Gasteiger partial charge on any atom is -0.371 e. The van der Waals surface area contributed by atoms with E-state index in [1.165, 1.54) is 0 Å². The van der Waals surface area contributed by atoms with Crippen LogP contribution >= 0.6 is 15.9 Å². The SMILES string of the molecule is CC(CBr)C(C)NCCOCC(F)(F)F. The maximum Gasteiger partial charge on any atom is 0.411 e. The third-order valence-corrected chi connectivity index (χ3v) is 3.10. The van der Waals surface area contributed by atoms with Gasteiger partial charge >= 0.3 is 6.18 Å². The van der Waals surface area contributed by atoms with Crippen LogP contribution in [0.15, 0.2) is 0 Å². The number of alkyl halides is 4.